The zero-order chi connectivity index (χ0) is 15.5. The molecule has 0 atom stereocenters. The highest BCUT2D eigenvalue weighted by Gasteiger charge is 2.13. The van der Waals surface area contributed by atoms with Crippen molar-refractivity contribution in [3.05, 3.63) is 65.7 Å². The molecule has 3 rings (SSSR count). The molecule has 0 radical (unpaired) electrons. The van der Waals surface area contributed by atoms with Gasteiger partial charge in [0.15, 0.2) is 0 Å². The number of carbonyl (C=O) groups is 1. The Bertz CT molecular complexity index is 788. The van der Waals surface area contributed by atoms with Gasteiger partial charge in [-0.1, -0.05) is 30.3 Å². The van der Waals surface area contributed by atoms with Gasteiger partial charge in [-0.3, -0.25) is 14.2 Å². The molecule has 1 N–H and O–H groups in total. The average molecular weight is 295 g/mol. The molecular formula is C16H17N5O. The minimum atomic E-state index is -0.176. The molecule has 6 heteroatoms. The molecule has 22 heavy (non-hydrogen) atoms. The lowest BCUT2D eigenvalue weighted by Gasteiger charge is -2.02. The topological polar surface area (TPSA) is 64.7 Å². The molecule has 3 aromatic rings. The van der Waals surface area contributed by atoms with Crippen molar-refractivity contribution in [3.63, 3.8) is 0 Å². The molecule has 0 aliphatic heterocycles. The van der Waals surface area contributed by atoms with Gasteiger partial charge in [-0.2, -0.15) is 10.2 Å². The van der Waals surface area contributed by atoms with Crippen LogP contribution in [0.4, 0.5) is 5.69 Å². The van der Waals surface area contributed by atoms with Crippen LogP contribution in [0.2, 0.25) is 0 Å². The van der Waals surface area contributed by atoms with Gasteiger partial charge in [0.1, 0.15) is 0 Å². The minimum Gasteiger partial charge on any atom is -0.319 e. The minimum absolute atomic E-state index is 0.176. The molecule has 1 aromatic carbocycles. The van der Waals surface area contributed by atoms with E-state index in [9.17, 15) is 4.79 Å². The Balaban J connectivity index is 1.69. The molecule has 0 saturated heterocycles. The third-order valence-electron chi connectivity index (χ3n) is 3.34. The Hall–Kier alpha value is -2.89. The molecule has 0 aliphatic rings. The van der Waals surface area contributed by atoms with Crippen LogP contribution in [0, 0.1) is 6.92 Å². The zero-order valence-corrected chi connectivity index (χ0v) is 12.5. The summed E-state index contributed by atoms with van der Waals surface area (Å²) < 4.78 is 3.42. The summed E-state index contributed by atoms with van der Waals surface area (Å²) in [6.45, 7) is 2.48. The summed E-state index contributed by atoms with van der Waals surface area (Å²) in [6.07, 6.45) is 5.17. The van der Waals surface area contributed by atoms with E-state index in [1.165, 1.54) is 0 Å². The van der Waals surface area contributed by atoms with E-state index in [0.717, 1.165) is 5.56 Å². The molecule has 2 heterocycles. The zero-order valence-electron chi connectivity index (χ0n) is 12.5. The number of aryl methyl sites for hydroxylation is 2. The van der Waals surface area contributed by atoms with E-state index < -0.39 is 0 Å². The van der Waals surface area contributed by atoms with Crippen molar-refractivity contribution in [1.29, 1.82) is 0 Å². The van der Waals surface area contributed by atoms with Crippen LogP contribution in [0.5, 0.6) is 0 Å². The summed E-state index contributed by atoms with van der Waals surface area (Å²) in [5, 5.41) is 11.3. The van der Waals surface area contributed by atoms with Gasteiger partial charge < -0.3 is 5.32 Å². The Morgan fingerprint density at radius 2 is 2.00 bits per heavy atom. The molecule has 0 saturated carbocycles. The van der Waals surface area contributed by atoms with Crippen molar-refractivity contribution >= 4 is 11.6 Å². The van der Waals surface area contributed by atoms with Crippen LogP contribution in [0.25, 0.3) is 0 Å². The molecule has 0 aliphatic carbocycles. The molecule has 112 valence electrons. The molecule has 0 fully saturated rings. The fourth-order valence-electron chi connectivity index (χ4n) is 2.31. The van der Waals surface area contributed by atoms with Crippen molar-refractivity contribution in [2.45, 2.75) is 13.5 Å². The Morgan fingerprint density at radius 3 is 2.68 bits per heavy atom. The van der Waals surface area contributed by atoms with E-state index >= 15 is 0 Å². The molecule has 6 nitrogen and oxygen atoms in total. The van der Waals surface area contributed by atoms with Gasteiger partial charge in [0.2, 0.25) is 0 Å². The number of nitrogens with one attached hydrogen (secondary N) is 1. The Morgan fingerprint density at radius 1 is 1.23 bits per heavy atom. The number of nitrogens with zero attached hydrogens (tertiary/aromatic N) is 4. The van der Waals surface area contributed by atoms with E-state index in [1.54, 1.807) is 28.8 Å². The van der Waals surface area contributed by atoms with Gasteiger partial charge >= 0.3 is 0 Å². The van der Waals surface area contributed by atoms with Gasteiger partial charge in [0.25, 0.3) is 5.91 Å². The second-order valence-electron chi connectivity index (χ2n) is 5.17. The molecular weight excluding hydrogens is 278 g/mol. The highest BCUT2D eigenvalue weighted by molar-refractivity contribution is 6.04. The predicted octanol–water partition coefficient (Wildman–Crippen LogP) is 2.23. The van der Waals surface area contributed by atoms with E-state index in [1.807, 2.05) is 43.5 Å². The van der Waals surface area contributed by atoms with Crippen molar-refractivity contribution in [3.8, 4) is 0 Å². The van der Waals surface area contributed by atoms with Crippen molar-refractivity contribution in [2.24, 2.45) is 7.05 Å². The summed E-state index contributed by atoms with van der Waals surface area (Å²) in [7, 11) is 1.79. The van der Waals surface area contributed by atoms with Gasteiger partial charge in [0, 0.05) is 19.4 Å². The monoisotopic (exact) mass is 295 g/mol. The van der Waals surface area contributed by atoms with Gasteiger partial charge in [-0.15, -0.1) is 0 Å². The van der Waals surface area contributed by atoms with E-state index in [2.05, 4.69) is 15.5 Å². The van der Waals surface area contributed by atoms with Crippen LogP contribution >= 0.6 is 0 Å². The molecule has 2 aromatic heterocycles. The standard InChI is InChI=1S/C16H17N5O/c1-12-15(11-20(2)19-12)16(22)18-14-8-17-21(10-14)9-13-6-4-3-5-7-13/h3-8,10-11H,9H2,1-2H3,(H,18,22). The first-order valence-electron chi connectivity index (χ1n) is 7.00. The lowest BCUT2D eigenvalue weighted by atomic mass is 10.2. The second kappa shape index (κ2) is 5.85. The van der Waals surface area contributed by atoms with Crippen molar-refractivity contribution < 1.29 is 4.79 Å². The summed E-state index contributed by atoms with van der Waals surface area (Å²) >= 11 is 0. The summed E-state index contributed by atoms with van der Waals surface area (Å²) in [6, 6.07) is 10.0. The number of anilines is 1. The molecule has 1 amide bonds. The number of carbonyl (C=O) groups excluding carboxylic acids is 1. The van der Waals surface area contributed by atoms with Crippen LogP contribution in [0.3, 0.4) is 0 Å². The number of hydrogen-bond donors (Lipinski definition) is 1. The molecule has 0 bridgehead atoms. The quantitative estimate of drug-likeness (QED) is 0.802. The number of amides is 1. The van der Waals surface area contributed by atoms with Crippen LogP contribution in [-0.2, 0) is 13.6 Å². The first-order valence-corrected chi connectivity index (χ1v) is 7.00. The fourth-order valence-corrected chi connectivity index (χ4v) is 2.31. The lowest BCUT2D eigenvalue weighted by Crippen LogP contribution is -2.12. The van der Waals surface area contributed by atoms with Gasteiger partial charge in [-0.05, 0) is 12.5 Å². The Kier molecular flexibility index (Phi) is 3.74. The maximum atomic E-state index is 12.2. The third-order valence-corrected chi connectivity index (χ3v) is 3.34. The predicted molar refractivity (Wildman–Crippen MR) is 83.7 cm³/mol. The first kappa shape index (κ1) is 14.1. The molecule has 0 unspecified atom stereocenters. The largest absolute Gasteiger partial charge is 0.319 e. The van der Waals surface area contributed by atoms with Crippen molar-refractivity contribution in [2.75, 3.05) is 5.32 Å². The van der Waals surface area contributed by atoms with Crippen LogP contribution < -0.4 is 5.32 Å². The summed E-state index contributed by atoms with van der Waals surface area (Å²) in [5.74, 6) is -0.176. The maximum absolute atomic E-state index is 12.2. The highest BCUT2D eigenvalue weighted by Crippen LogP contribution is 2.11. The lowest BCUT2D eigenvalue weighted by molar-refractivity contribution is 0.102. The SMILES string of the molecule is Cc1nn(C)cc1C(=O)Nc1cnn(Cc2ccccc2)c1. The van der Waals surface area contributed by atoms with E-state index in [-0.39, 0.29) is 5.91 Å². The summed E-state index contributed by atoms with van der Waals surface area (Å²) in [5.41, 5.74) is 3.10. The van der Waals surface area contributed by atoms with Crippen LogP contribution in [-0.4, -0.2) is 25.5 Å². The smallest absolute Gasteiger partial charge is 0.259 e. The average Bonchev–Trinajstić information content (AvgIpc) is 3.06. The number of rotatable bonds is 4. The number of aromatic nitrogens is 4. The van der Waals surface area contributed by atoms with Crippen LogP contribution in [0.1, 0.15) is 21.6 Å². The van der Waals surface area contributed by atoms with Crippen molar-refractivity contribution in [1.82, 2.24) is 19.6 Å². The van der Waals surface area contributed by atoms with Gasteiger partial charge in [-0.25, -0.2) is 0 Å². The fraction of sp³-hybridized carbons (Fsp3) is 0.188. The maximum Gasteiger partial charge on any atom is 0.259 e. The van der Waals surface area contributed by atoms with Gasteiger partial charge in [0.05, 0.1) is 29.7 Å². The number of hydrogen-bond acceptors (Lipinski definition) is 3. The normalized spacial score (nSPS) is 10.6. The van der Waals surface area contributed by atoms with E-state index in [4.69, 9.17) is 0 Å². The highest BCUT2D eigenvalue weighted by atomic mass is 16.1. The van der Waals surface area contributed by atoms with E-state index in [0.29, 0.717) is 23.5 Å². The first-order chi connectivity index (χ1) is 10.6. The third kappa shape index (κ3) is 3.06. The summed E-state index contributed by atoms with van der Waals surface area (Å²) in [4.78, 5) is 12.2. The number of benzene rings is 1. The second-order valence-corrected chi connectivity index (χ2v) is 5.17. The molecule has 0 spiro atoms. The Labute approximate surface area is 128 Å². The van der Waals surface area contributed by atoms with Crippen LogP contribution in [0.15, 0.2) is 48.9 Å².